The van der Waals surface area contributed by atoms with Gasteiger partial charge in [-0.15, -0.1) is 0 Å². The number of hydrogen-bond acceptors (Lipinski definition) is 6. The fraction of sp³-hybridized carbons (Fsp3) is 0.333. The SMILES string of the molecule is C[C@H](NC(=O)c1c[nH]c(CCc2ccc(C(F)(F)F)cc2)n1)C(=O)NC1CC(=O)OC1OCc1ccccc1. The van der Waals surface area contributed by atoms with E-state index in [0.717, 1.165) is 17.7 Å². The number of hydrogen-bond donors (Lipinski definition) is 3. The van der Waals surface area contributed by atoms with Gasteiger partial charge in [-0.25, -0.2) is 4.98 Å². The van der Waals surface area contributed by atoms with Crippen molar-refractivity contribution in [2.45, 2.75) is 57.3 Å². The van der Waals surface area contributed by atoms with Gasteiger partial charge in [0.15, 0.2) is 0 Å². The second kappa shape index (κ2) is 12.1. The van der Waals surface area contributed by atoms with Crippen LogP contribution in [0.1, 0.15) is 46.3 Å². The van der Waals surface area contributed by atoms with Gasteiger partial charge in [0.1, 0.15) is 23.6 Å². The Hall–Kier alpha value is -4.19. The van der Waals surface area contributed by atoms with E-state index in [4.69, 9.17) is 9.47 Å². The molecule has 9 nitrogen and oxygen atoms in total. The first-order valence-electron chi connectivity index (χ1n) is 12.2. The van der Waals surface area contributed by atoms with Crippen LogP contribution in [0.25, 0.3) is 0 Å². The second-order valence-electron chi connectivity index (χ2n) is 9.10. The maximum absolute atomic E-state index is 12.7. The molecule has 1 aromatic heterocycles. The zero-order valence-electron chi connectivity index (χ0n) is 21.0. The van der Waals surface area contributed by atoms with Crippen molar-refractivity contribution in [1.29, 1.82) is 0 Å². The molecule has 12 heteroatoms. The standard InChI is InChI=1S/C27H27F3N4O5/c1-16(24(36)34-20-13-23(35)39-26(20)38-15-18-5-3-2-4-6-18)32-25(37)21-14-31-22(33-21)12-9-17-7-10-19(11-8-17)27(28,29)30/h2-8,10-11,14,16,20,26H,9,12-13,15H2,1H3,(H,31,33)(H,32,37)(H,34,36)/t16-,20?,26?/m0/s1. The molecule has 0 bridgehead atoms. The van der Waals surface area contributed by atoms with Gasteiger partial charge in [-0.2, -0.15) is 13.2 Å². The molecule has 3 aromatic rings. The molecule has 0 aliphatic carbocycles. The van der Waals surface area contributed by atoms with Crippen molar-refractivity contribution in [3.63, 3.8) is 0 Å². The number of esters is 1. The zero-order valence-corrected chi connectivity index (χ0v) is 21.0. The largest absolute Gasteiger partial charge is 0.433 e. The molecule has 3 N–H and O–H groups in total. The number of nitrogens with one attached hydrogen (secondary N) is 3. The van der Waals surface area contributed by atoms with Crippen LogP contribution in [-0.2, 0) is 44.7 Å². The topological polar surface area (TPSA) is 122 Å². The first-order valence-corrected chi connectivity index (χ1v) is 12.2. The Labute approximate surface area is 222 Å². The van der Waals surface area contributed by atoms with Gasteiger partial charge >= 0.3 is 12.1 Å². The maximum atomic E-state index is 12.7. The van der Waals surface area contributed by atoms with Gasteiger partial charge in [-0.05, 0) is 36.6 Å². The molecule has 4 rings (SSSR count). The van der Waals surface area contributed by atoms with Gasteiger partial charge in [0.25, 0.3) is 5.91 Å². The molecule has 2 unspecified atom stereocenters. The maximum Gasteiger partial charge on any atom is 0.416 e. The van der Waals surface area contributed by atoms with Gasteiger partial charge < -0.3 is 25.1 Å². The number of carbonyl (C=O) groups excluding carboxylic acids is 3. The van der Waals surface area contributed by atoms with Crippen LogP contribution in [0.15, 0.2) is 60.8 Å². The monoisotopic (exact) mass is 544 g/mol. The molecular weight excluding hydrogens is 517 g/mol. The van der Waals surface area contributed by atoms with Gasteiger partial charge in [0.2, 0.25) is 12.2 Å². The third-order valence-electron chi connectivity index (χ3n) is 6.08. The number of H-pyrrole nitrogens is 1. The highest BCUT2D eigenvalue weighted by molar-refractivity contribution is 5.96. The molecule has 3 atom stereocenters. The minimum atomic E-state index is -4.39. The minimum Gasteiger partial charge on any atom is -0.433 e. The van der Waals surface area contributed by atoms with E-state index in [1.165, 1.54) is 25.3 Å². The van der Waals surface area contributed by atoms with Gasteiger partial charge in [-0.1, -0.05) is 42.5 Å². The van der Waals surface area contributed by atoms with Crippen molar-refractivity contribution >= 4 is 17.8 Å². The van der Waals surface area contributed by atoms with Crippen LogP contribution in [0, 0.1) is 0 Å². The highest BCUT2D eigenvalue weighted by atomic mass is 19.4. The predicted molar refractivity (Wildman–Crippen MR) is 132 cm³/mol. The van der Waals surface area contributed by atoms with E-state index < -0.39 is 47.9 Å². The number of nitrogens with zero attached hydrogens (tertiary/aromatic N) is 1. The fourth-order valence-electron chi connectivity index (χ4n) is 3.93. The summed E-state index contributed by atoms with van der Waals surface area (Å²) in [5, 5.41) is 5.24. The number of aromatic nitrogens is 2. The van der Waals surface area contributed by atoms with Crippen LogP contribution in [-0.4, -0.2) is 46.1 Å². The molecule has 1 fully saturated rings. The van der Waals surface area contributed by atoms with Crippen molar-refractivity contribution < 1.29 is 37.0 Å². The van der Waals surface area contributed by atoms with Crippen LogP contribution in [0.5, 0.6) is 0 Å². The smallest absolute Gasteiger partial charge is 0.416 e. The number of cyclic esters (lactones) is 1. The number of ether oxygens (including phenoxy) is 2. The van der Waals surface area contributed by atoms with E-state index in [-0.39, 0.29) is 18.7 Å². The third kappa shape index (κ3) is 7.66. The van der Waals surface area contributed by atoms with Crippen molar-refractivity contribution in [3.05, 3.63) is 89.0 Å². The third-order valence-corrected chi connectivity index (χ3v) is 6.08. The van der Waals surface area contributed by atoms with Crippen LogP contribution in [0.2, 0.25) is 0 Å². The molecule has 2 aromatic carbocycles. The molecule has 1 aliphatic heterocycles. The Kier molecular flexibility index (Phi) is 8.65. The molecular formula is C27H27F3N4O5. The van der Waals surface area contributed by atoms with Crippen LogP contribution in [0.4, 0.5) is 13.2 Å². The number of alkyl halides is 3. The first kappa shape index (κ1) is 27.8. The molecule has 1 aliphatic rings. The fourth-order valence-corrected chi connectivity index (χ4v) is 3.93. The number of aromatic amines is 1. The number of carbonyl (C=O) groups is 3. The van der Waals surface area contributed by atoms with Crippen LogP contribution >= 0.6 is 0 Å². The highest BCUT2D eigenvalue weighted by Gasteiger charge is 2.37. The summed E-state index contributed by atoms with van der Waals surface area (Å²) in [5.41, 5.74) is 0.907. The van der Waals surface area contributed by atoms with E-state index in [0.29, 0.717) is 24.2 Å². The lowest BCUT2D eigenvalue weighted by atomic mass is 10.1. The molecule has 2 amide bonds. The quantitative estimate of drug-likeness (QED) is 0.337. The number of benzene rings is 2. The van der Waals surface area contributed by atoms with E-state index in [2.05, 4.69) is 20.6 Å². The molecule has 39 heavy (non-hydrogen) atoms. The summed E-state index contributed by atoms with van der Waals surface area (Å²) < 4.78 is 49.0. The summed E-state index contributed by atoms with van der Waals surface area (Å²) in [7, 11) is 0. The van der Waals surface area contributed by atoms with Crippen molar-refractivity contribution in [3.8, 4) is 0 Å². The van der Waals surface area contributed by atoms with Crippen molar-refractivity contribution in [2.24, 2.45) is 0 Å². The van der Waals surface area contributed by atoms with Crippen molar-refractivity contribution in [2.75, 3.05) is 0 Å². The minimum absolute atomic E-state index is 0.0560. The number of aryl methyl sites for hydroxylation is 2. The Morgan fingerprint density at radius 3 is 2.51 bits per heavy atom. The normalized spacial score (nSPS) is 17.9. The highest BCUT2D eigenvalue weighted by Crippen LogP contribution is 2.29. The second-order valence-corrected chi connectivity index (χ2v) is 9.10. The number of rotatable bonds is 10. The van der Waals surface area contributed by atoms with E-state index >= 15 is 0 Å². The van der Waals surface area contributed by atoms with E-state index in [1.54, 1.807) is 0 Å². The molecule has 2 heterocycles. The molecule has 1 saturated heterocycles. The molecule has 0 saturated carbocycles. The lowest BCUT2D eigenvalue weighted by molar-refractivity contribution is -0.168. The lowest BCUT2D eigenvalue weighted by Crippen LogP contribution is -2.50. The van der Waals surface area contributed by atoms with Gasteiger partial charge in [-0.3, -0.25) is 14.4 Å². The summed E-state index contributed by atoms with van der Waals surface area (Å²) in [6.07, 6.45) is -3.23. The molecule has 206 valence electrons. The average Bonchev–Trinajstić information content (AvgIpc) is 3.52. The Morgan fingerprint density at radius 1 is 1.10 bits per heavy atom. The average molecular weight is 545 g/mol. The summed E-state index contributed by atoms with van der Waals surface area (Å²) in [4.78, 5) is 44.2. The van der Waals surface area contributed by atoms with Crippen molar-refractivity contribution in [1.82, 2.24) is 20.6 Å². The Bertz CT molecular complexity index is 1290. The summed E-state index contributed by atoms with van der Waals surface area (Å²) in [6, 6.07) is 12.5. The van der Waals surface area contributed by atoms with Gasteiger partial charge in [0.05, 0.1) is 18.6 Å². The van der Waals surface area contributed by atoms with Crippen LogP contribution < -0.4 is 10.6 Å². The summed E-state index contributed by atoms with van der Waals surface area (Å²) in [6.45, 7) is 1.68. The Balaban J connectivity index is 1.25. The summed E-state index contributed by atoms with van der Waals surface area (Å²) in [5.74, 6) is -1.16. The molecule has 0 radical (unpaired) electrons. The first-order chi connectivity index (χ1) is 18.6. The van der Waals surface area contributed by atoms with E-state index in [9.17, 15) is 27.6 Å². The van der Waals surface area contributed by atoms with Gasteiger partial charge in [0, 0.05) is 12.6 Å². The lowest BCUT2D eigenvalue weighted by Gasteiger charge is -2.21. The zero-order chi connectivity index (χ0) is 28.0. The van der Waals surface area contributed by atoms with Crippen LogP contribution in [0.3, 0.4) is 0 Å². The number of amides is 2. The number of imidazole rings is 1. The summed E-state index contributed by atoms with van der Waals surface area (Å²) >= 11 is 0. The Morgan fingerprint density at radius 2 is 1.82 bits per heavy atom. The van der Waals surface area contributed by atoms with E-state index in [1.807, 2.05) is 30.3 Å². The predicted octanol–water partition coefficient (Wildman–Crippen LogP) is 3.31. The molecule has 0 spiro atoms. The number of halogens is 3.